The molecule has 0 bridgehead atoms. The highest BCUT2D eigenvalue weighted by atomic mass is 16.8. The summed E-state index contributed by atoms with van der Waals surface area (Å²) in [7, 11) is 0. The van der Waals surface area contributed by atoms with Gasteiger partial charge in [-0.05, 0) is 11.1 Å². The first-order valence-electron chi connectivity index (χ1n) is 5.78. The van der Waals surface area contributed by atoms with Gasteiger partial charge in [-0.25, -0.2) is 0 Å². The molecule has 0 saturated carbocycles. The van der Waals surface area contributed by atoms with Gasteiger partial charge in [0.05, 0.1) is 6.61 Å². The summed E-state index contributed by atoms with van der Waals surface area (Å²) in [6.45, 7) is 7.28. The van der Waals surface area contributed by atoms with Crippen LogP contribution >= 0.6 is 0 Å². The maximum absolute atomic E-state index is 5.84. The van der Waals surface area contributed by atoms with Crippen molar-refractivity contribution >= 4 is 6.08 Å². The van der Waals surface area contributed by atoms with Crippen LogP contribution in [0.15, 0.2) is 30.8 Å². The van der Waals surface area contributed by atoms with E-state index in [9.17, 15) is 0 Å². The van der Waals surface area contributed by atoms with Crippen molar-refractivity contribution in [3.8, 4) is 0 Å². The molecule has 0 aliphatic carbocycles. The fourth-order valence-corrected chi connectivity index (χ4v) is 1.84. The van der Waals surface area contributed by atoms with E-state index < -0.39 is 0 Å². The Bertz CT molecular complexity index is 367. The maximum atomic E-state index is 5.84. The molecule has 0 spiro atoms. The summed E-state index contributed by atoms with van der Waals surface area (Å²) in [4.78, 5) is 0. The number of hydrogen-bond acceptors (Lipinski definition) is 2. The summed E-state index contributed by atoms with van der Waals surface area (Å²) < 4.78 is 11.2. The molecule has 1 atom stereocenters. The van der Waals surface area contributed by atoms with Crippen LogP contribution in [0.25, 0.3) is 6.08 Å². The third kappa shape index (κ3) is 2.52. The zero-order valence-corrected chi connectivity index (χ0v) is 9.74. The predicted octanol–water partition coefficient (Wildman–Crippen LogP) is 3.37. The van der Waals surface area contributed by atoms with Gasteiger partial charge < -0.3 is 9.47 Å². The zero-order valence-electron chi connectivity index (χ0n) is 9.74. The van der Waals surface area contributed by atoms with Crippen molar-refractivity contribution in [2.45, 2.75) is 32.2 Å². The van der Waals surface area contributed by atoms with Crippen molar-refractivity contribution in [3.63, 3.8) is 0 Å². The molecule has 1 aromatic rings. The van der Waals surface area contributed by atoms with Crippen LogP contribution in [0.4, 0.5) is 0 Å². The second-order valence-electron chi connectivity index (χ2n) is 4.14. The fraction of sp³-hybridized carbons (Fsp3) is 0.429. The predicted molar refractivity (Wildman–Crippen MR) is 64.9 cm³/mol. The Morgan fingerprint density at radius 1 is 1.50 bits per heavy atom. The second-order valence-corrected chi connectivity index (χ2v) is 4.14. The Hall–Kier alpha value is -1.12. The Kier molecular flexibility index (Phi) is 3.42. The molecular weight excluding hydrogens is 200 g/mol. The van der Waals surface area contributed by atoms with E-state index in [0.717, 1.165) is 25.0 Å². The monoisotopic (exact) mass is 218 g/mol. The Morgan fingerprint density at radius 3 is 2.88 bits per heavy atom. The first-order valence-corrected chi connectivity index (χ1v) is 5.78. The molecule has 1 fully saturated rings. The molecule has 1 saturated heterocycles. The normalized spacial score (nSPS) is 23.1. The fourth-order valence-electron chi connectivity index (χ4n) is 1.84. The minimum absolute atomic E-state index is 0.289. The van der Waals surface area contributed by atoms with Crippen LogP contribution in [-0.4, -0.2) is 12.4 Å². The van der Waals surface area contributed by atoms with Gasteiger partial charge in [0.1, 0.15) is 6.61 Å². The van der Waals surface area contributed by atoms with Gasteiger partial charge in [-0.2, -0.15) is 0 Å². The summed E-state index contributed by atoms with van der Waals surface area (Å²) in [5.74, 6) is -0.289. The van der Waals surface area contributed by atoms with Gasteiger partial charge in [0.2, 0.25) is 0 Å². The van der Waals surface area contributed by atoms with Gasteiger partial charge in [-0.3, -0.25) is 0 Å². The largest absolute Gasteiger partial charge is 0.343 e. The highest BCUT2D eigenvalue weighted by Gasteiger charge is 2.45. The molecule has 1 aliphatic rings. The van der Waals surface area contributed by atoms with E-state index >= 15 is 0 Å². The van der Waals surface area contributed by atoms with Crippen molar-refractivity contribution in [1.82, 2.24) is 0 Å². The highest BCUT2D eigenvalue weighted by Crippen LogP contribution is 2.34. The summed E-state index contributed by atoms with van der Waals surface area (Å²) >= 11 is 0. The summed E-state index contributed by atoms with van der Waals surface area (Å²) in [5.41, 5.74) is 2.30. The minimum Gasteiger partial charge on any atom is -0.343 e. The topological polar surface area (TPSA) is 21.8 Å². The third-order valence-corrected chi connectivity index (χ3v) is 2.86. The van der Waals surface area contributed by atoms with Gasteiger partial charge in [0.25, 0.3) is 0 Å². The number of ether oxygens (including phenoxy) is 2. The van der Waals surface area contributed by atoms with Crippen LogP contribution in [0.5, 0.6) is 0 Å². The molecule has 0 radical (unpaired) electrons. The Balaban J connectivity index is 1.97. The number of hydrogen-bond donors (Lipinski definition) is 0. The molecule has 0 N–H and O–H groups in total. The second kappa shape index (κ2) is 4.81. The molecule has 0 amide bonds. The average molecular weight is 218 g/mol. The quantitative estimate of drug-likeness (QED) is 0.683. The Labute approximate surface area is 96.9 Å². The Morgan fingerprint density at radius 2 is 2.25 bits per heavy atom. The van der Waals surface area contributed by atoms with Gasteiger partial charge in [0.15, 0.2) is 5.79 Å². The van der Waals surface area contributed by atoms with Crippen LogP contribution in [-0.2, 0) is 16.1 Å². The van der Waals surface area contributed by atoms with Crippen LogP contribution in [0.3, 0.4) is 0 Å². The van der Waals surface area contributed by atoms with Crippen molar-refractivity contribution in [2.75, 3.05) is 6.61 Å². The first-order chi connectivity index (χ1) is 7.79. The van der Waals surface area contributed by atoms with Crippen LogP contribution in [0, 0.1) is 0 Å². The lowest BCUT2D eigenvalue weighted by atomic mass is 10.1. The average Bonchev–Trinajstić information content (AvgIpc) is 3.08. The molecule has 2 nitrogen and oxygen atoms in total. The van der Waals surface area contributed by atoms with Crippen molar-refractivity contribution in [1.29, 1.82) is 0 Å². The first kappa shape index (κ1) is 11.4. The van der Waals surface area contributed by atoms with Gasteiger partial charge >= 0.3 is 0 Å². The van der Waals surface area contributed by atoms with Crippen LogP contribution in [0.2, 0.25) is 0 Å². The van der Waals surface area contributed by atoms with E-state index in [2.05, 4.69) is 19.6 Å². The number of rotatable bonds is 6. The third-order valence-electron chi connectivity index (χ3n) is 2.86. The molecule has 2 rings (SSSR count). The van der Waals surface area contributed by atoms with Gasteiger partial charge in [0, 0.05) is 6.42 Å². The number of epoxide rings is 1. The van der Waals surface area contributed by atoms with E-state index in [1.807, 2.05) is 24.3 Å². The molecule has 1 aliphatic heterocycles. The summed E-state index contributed by atoms with van der Waals surface area (Å²) in [6, 6.07) is 8.15. The molecule has 0 aromatic heterocycles. The van der Waals surface area contributed by atoms with Gasteiger partial charge in [-0.15, -0.1) is 0 Å². The summed E-state index contributed by atoms with van der Waals surface area (Å²) in [6.07, 6.45) is 3.92. The van der Waals surface area contributed by atoms with E-state index in [-0.39, 0.29) is 5.79 Å². The highest BCUT2D eigenvalue weighted by molar-refractivity contribution is 5.51. The molecule has 86 valence electrons. The van der Waals surface area contributed by atoms with Gasteiger partial charge in [-0.1, -0.05) is 50.3 Å². The minimum atomic E-state index is -0.289. The summed E-state index contributed by atoms with van der Waals surface area (Å²) in [5, 5.41) is 0. The lowest BCUT2D eigenvalue weighted by molar-refractivity contribution is -0.0593. The SMILES string of the molecule is C=Cc1ccccc1COC1(CCC)CO1. The van der Waals surface area contributed by atoms with Crippen molar-refractivity contribution in [2.24, 2.45) is 0 Å². The van der Waals surface area contributed by atoms with E-state index in [0.29, 0.717) is 6.61 Å². The molecule has 1 heterocycles. The molecule has 16 heavy (non-hydrogen) atoms. The smallest absolute Gasteiger partial charge is 0.192 e. The molecular formula is C14H18O2. The van der Waals surface area contributed by atoms with Crippen molar-refractivity contribution in [3.05, 3.63) is 42.0 Å². The molecule has 2 heteroatoms. The molecule has 1 unspecified atom stereocenters. The van der Waals surface area contributed by atoms with Crippen LogP contribution in [0.1, 0.15) is 30.9 Å². The van der Waals surface area contributed by atoms with Crippen LogP contribution < -0.4 is 0 Å². The number of benzene rings is 1. The lowest BCUT2D eigenvalue weighted by Gasteiger charge is -2.13. The molecule has 1 aromatic carbocycles. The zero-order chi connectivity index (χ0) is 11.4. The van der Waals surface area contributed by atoms with Crippen molar-refractivity contribution < 1.29 is 9.47 Å². The van der Waals surface area contributed by atoms with E-state index in [4.69, 9.17) is 9.47 Å². The standard InChI is InChI=1S/C14H18O2/c1-3-9-14(11-16-14)15-10-13-8-6-5-7-12(13)4-2/h4-8H,2-3,9-11H2,1H3. The van der Waals surface area contributed by atoms with E-state index in [1.54, 1.807) is 0 Å². The van der Waals surface area contributed by atoms with E-state index in [1.165, 1.54) is 5.56 Å². The maximum Gasteiger partial charge on any atom is 0.192 e. The lowest BCUT2D eigenvalue weighted by Crippen LogP contribution is -2.15.